The molecule has 2 rings (SSSR count). The van der Waals surface area contributed by atoms with E-state index in [2.05, 4.69) is 36.6 Å². The van der Waals surface area contributed by atoms with Crippen LogP contribution in [0, 0.1) is 13.8 Å². The Balaban J connectivity index is 2.51. The number of nitrogens with two attached hydrogens (primary N) is 1. The number of nitrogens with one attached hydrogen (secondary N) is 1. The summed E-state index contributed by atoms with van der Waals surface area (Å²) >= 11 is 6.66. The summed E-state index contributed by atoms with van der Waals surface area (Å²) in [5.74, 6) is 0. The van der Waals surface area contributed by atoms with Gasteiger partial charge in [0.15, 0.2) is 0 Å². The third-order valence-corrected chi connectivity index (χ3v) is 5.87. The minimum Gasteiger partial charge on any atom is -0.398 e. The van der Waals surface area contributed by atoms with Gasteiger partial charge in [-0.25, -0.2) is 8.42 Å². The summed E-state index contributed by atoms with van der Waals surface area (Å²) in [5.41, 5.74) is 8.07. The Hall–Kier alpha value is -1.05. The molecule has 21 heavy (non-hydrogen) atoms. The van der Waals surface area contributed by atoms with Crippen molar-refractivity contribution < 1.29 is 8.42 Å². The lowest BCUT2D eigenvalue weighted by atomic mass is 10.1. The van der Waals surface area contributed by atoms with Crippen molar-refractivity contribution in [2.24, 2.45) is 0 Å². The monoisotopic (exact) mass is 432 g/mol. The van der Waals surface area contributed by atoms with Crippen LogP contribution >= 0.6 is 31.9 Å². The van der Waals surface area contributed by atoms with Crippen LogP contribution in [0.1, 0.15) is 11.1 Å². The Morgan fingerprint density at radius 3 is 2.38 bits per heavy atom. The van der Waals surface area contributed by atoms with Crippen molar-refractivity contribution in [1.29, 1.82) is 0 Å². The van der Waals surface area contributed by atoms with Crippen LogP contribution in [0.4, 0.5) is 11.4 Å². The van der Waals surface area contributed by atoms with Gasteiger partial charge in [-0.2, -0.15) is 0 Å². The molecule has 7 heteroatoms. The van der Waals surface area contributed by atoms with Crippen molar-refractivity contribution >= 4 is 53.3 Å². The van der Waals surface area contributed by atoms with Gasteiger partial charge in [-0.1, -0.05) is 22.0 Å². The number of rotatable bonds is 3. The molecule has 0 heterocycles. The number of anilines is 2. The fraction of sp³-hybridized carbons (Fsp3) is 0.143. The Labute approximate surface area is 141 Å². The van der Waals surface area contributed by atoms with E-state index in [4.69, 9.17) is 5.73 Å². The van der Waals surface area contributed by atoms with Gasteiger partial charge in [-0.3, -0.25) is 4.72 Å². The minimum absolute atomic E-state index is 0.123. The normalized spacial score (nSPS) is 11.4. The third kappa shape index (κ3) is 3.41. The Morgan fingerprint density at radius 1 is 1.10 bits per heavy atom. The Morgan fingerprint density at radius 2 is 1.76 bits per heavy atom. The molecule has 0 aliphatic heterocycles. The minimum atomic E-state index is -3.75. The quantitative estimate of drug-likeness (QED) is 0.712. The van der Waals surface area contributed by atoms with Gasteiger partial charge in [-0.05, 0) is 65.2 Å². The maximum Gasteiger partial charge on any atom is 0.264 e. The number of hydrogen-bond acceptors (Lipinski definition) is 3. The molecule has 0 aromatic heterocycles. The number of sulfonamides is 1. The van der Waals surface area contributed by atoms with Gasteiger partial charge in [0.2, 0.25) is 0 Å². The average Bonchev–Trinajstić information content (AvgIpc) is 2.37. The highest BCUT2D eigenvalue weighted by atomic mass is 79.9. The fourth-order valence-corrected chi connectivity index (χ4v) is 4.73. The zero-order chi connectivity index (χ0) is 15.8. The molecule has 3 N–H and O–H groups in total. The van der Waals surface area contributed by atoms with Crippen molar-refractivity contribution in [2.75, 3.05) is 10.5 Å². The summed E-state index contributed by atoms with van der Waals surface area (Å²) in [6, 6.07) is 8.61. The van der Waals surface area contributed by atoms with Gasteiger partial charge in [0.1, 0.15) is 4.90 Å². The highest BCUT2D eigenvalue weighted by molar-refractivity contribution is 9.11. The second kappa shape index (κ2) is 5.98. The molecule has 0 unspecified atom stereocenters. The van der Waals surface area contributed by atoms with Gasteiger partial charge in [-0.15, -0.1) is 0 Å². The molecule has 0 radical (unpaired) electrons. The molecular weight excluding hydrogens is 420 g/mol. The lowest BCUT2D eigenvalue weighted by molar-refractivity contribution is 0.601. The predicted molar refractivity (Wildman–Crippen MR) is 93.0 cm³/mol. The number of hydrogen-bond donors (Lipinski definition) is 2. The van der Waals surface area contributed by atoms with Crippen LogP contribution < -0.4 is 10.5 Å². The molecule has 0 fully saturated rings. The van der Waals surface area contributed by atoms with E-state index >= 15 is 0 Å². The van der Waals surface area contributed by atoms with Crippen molar-refractivity contribution in [2.45, 2.75) is 18.7 Å². The molecular formula is C14H14Br2N2O2S. The van der Waals surface area contributed by atoms with Crippen molar-refractivity contribution in [3.8, 4) is 0 Å². The zero-order valence-electron chi connectivity index (χ0n) is 11.4. The van der Waals surface area contributed by atoms with Crippen LogP contribution in [0.2, 0.25) is 0 Å². The molecule has 0 aliphatic rings. The first kappa shape index (κ1) is 16.3. The molecule has 0 saturated heterocycles. The summed E-state index contributed by atoms with van der Waals surface area (Å²) in [7, 11) is -3.75. The summed E-state index contributed by atoms with van der Waals surface area (Å²) in [5, 5.41) is 0. The predicted octanol–water partition coefficient (Wildman–Crippen LogP) is 4.21. The van der Waals surface area contributed by atoms with E-state index in [1.165, 1.54) is 0 Å². The van der Waals surface area contributed by atoms with Crippen LogP contribution in [0.5, 0.6) is 0 Å². The van der Waals surface area contributed by atoms with Crippen molar-refractivity contribution in [3.05, 3.63) is 50.4 Å². The maximum atomic E-state index is 12.6. The summed E-state index contributed by atoms with van der Waals surface area (Å²) in [4.78, 5) is 0.123. The standard InChI is InChI=1S/C14H14Br2N2O2S/c1-8-3-5-12(17)14(9(8)2)21(19,20)18-13-6-4-10(15)7-11(13)16/h3-7,18H,17H2,1-2H3. The number of benzene rings is 2. The van der Waals surface area contributed by atoms with Crippen LogP contribution in [0.15, 0.2) is 44.2 Å². The van der Waals surface area contributed by atoms with Crippen LogP contribution in [-0.4, -0.2) is 8.42 Å². The summed E-state index contributed by atoms with van der Waals surface area (Å²) in [6.07, 6.45) is 0. The Bertz CT molecular complexity index is 805. The van der Waals surface area contributed by atoms with E-state index in [-0.39, 0.29) is 10.6 Å². The van der Waals surface area contributed by atoms with Gasteiger partial charge in [0.05, 0.1) is 11.4 Å². The fourth-order valence-electron chi connectivity index (χ4n) is 1.94. The molecule has 0 saturated carbocycles. The molecule has 0 amide bonds. The smallest absolute Gasteiger partial charge is 0.264 e. The average molecular weight is 434 g/mol. The van der Waals surface area contributed by atoms with Crippen LogP contribution in [0.25, 0.3) is 0 Å². The van der Waals surface area contributed by atoms with Gasteiger partial charge in [0.25, 0.3) is 10.0 Å². The first-order chi connectivity index (χ1) is 9.72. The lowest BCUT2D eigenvalue weighted by Crippen LogP contribution is -2.17. The second-order valence-corrected chi connectivity index (χ2v) is 8.04. The molecule has 2 aromatic carbocycles. The topological polar surface area (TPSA) is 72.2 Å². The highest BCUT2D eigenvalue weighted by Crippen LogP contribution is 2.31. The Kier molecular flexibility index (Phi) is 4.65. The largest absolute Gasteiger partial charge is 0.398 e. The van der Waals surface area contributed by atoms with E-state index in [9.17, 15) is 8.42 Å². The van der Waals surface area contributed by atoms with E-state index in [1.54, 1.807) is 37.3 Å². The molecule has 0 spiro atoms. The van der Waals surface area contributed by atoms with E-state index in [1.807, 2.05) is 6.92 Å². The van der Waals surface area contributed by atoms with Crippen LogP contribution in [-0.2, 0) is 10.0 Å². The van der Waals surface area contributed by atoms with E-state index < -0.39 is 10.0 Å². The lowest BCUT2D eigenvalue weighted by Gasteiger charge is -2.15. The van der Waals surface area contributed by atoms with Crippen LogP contribution in [0.3, 0.4) is 0 Å². The molecule has 112 valence electrons. The summed E-state index contributed by atoms with van der Waals surface area (Å²) < 4.78 is 29.3. The molecule has 0 bridgehead atoms. The maximum absolute atomic E-state index is 12.6. The van der Waals surface area contributed by atoms with E-state index in [0.29, 0.717) is 15.7 Å². The van der Waals surface area contributed by atoms with Gasteiger partial charge in [0, 0.05) is 8.95 Å². The van der Waals surface area contributed by atoms with Crippen molar-refractivity contribution in [3.63, 3.8) is 0 Å². The number of nitrogen functional groups attached to an aromatic ring is 1. The zero-order valence-corrected chi connectivity index (χ0v) is 15.4. The first-order valence-electron chi connectivity index (χ1n) is 6.06. The molecule has 4 nitrogen and oxygen atoms in total. The molecule has 0 atom stereocenters. The van der Waals surface area contributed by atoms with Crippen molar-refractivity contribution in [1.82, 2.24) is 0 Å². The second-order valence-electron chi connectivity index (χ2n) is 4.66. The van der Waals surface area contributed by atoms with Gasteiger partial charge >= 0.3 is 0 Å². The molecule has 0 aliphatic carbocycles. The highest BCUT2D eigenvalue weighted by Gasteiger charge is 2.22. The summed E-state index contributed by atoms with van der Waals surface area (Å²) in [6.45, 7) is 3.60. The number of aryl methyl sites for hydroxylation is 1. The van der Waals surface area contributed by atoms with E-state index in [0.717, 1.165) is 10.0 Å². The SMILES string of the molecule is Cc1ccc(N)c(S(=O)(=O)Nc2ccc(Br)cc2Br)c1C. The van der Waals surface area contributed by atoms with Gasteiger partial charge < -0.3 is 5.73 Å². The first-order valence-corrected chi connectivity index (χ1v) is 9.13. The molecule has 2 aromatic rings. The number of halogens is 2. The third-order valence-electron chi connectivity index (χ3n) is 3.15.